The van der Waals surface area contributed by atoms with E-state index in [1.165, 1.54) is 23.5 Å². The molecule has 0 spiro atoms. The van der Waals surface area contributed by atoms with Crippen molar-refractivity contribution in [3.63, 3.8) is 0 Å². The maximum Gasteiger partial charge on any atom is 0.346 e. The van der Waals surface area contributed by atoms with Crippen LogP contribution in [0.25, 0.3) is 15.9 Å². The highest BCUT2D eigenvalue weighted by Crippen LogP contribution is 2.49. The Morgan fingerprint density at radius 1 is 1.29 bits per heavy atom. The molecule has 0 amide bonds. The normalized spacial score (nSPS) is 21.6. The summed E-state index contributed by atoms with van der Waals surface area (Å²) < 4.78 is 35.1. The number of thiophene rings is 1. The van der Waals surface area contributed by atoms with Crippen LogP contribution >= 0.6 is 11.3 Å². The number of carboxylic acid groups (broad SMARTS) is 1. The molecule has 1 saturated heterocycles. The Balaban J connectivity index is 1.10. The van der Waals surface area contributed by atoms with Crippen molar-refractivity contribution in [2.24, 2.45) is 0 Å². The molecule has 0 aliphatic carbocycles. The number of rotatable bonds is 7. The molecule has 1 unspecified atom stereocenters. The van der Waals surface area contributed by atoms with Crippen LogP contribution in [0.3, 0.4) is 0 Å². The molecule has 5 heterocycles. The second kappa shape index (κ2) is 10.2. The van der Waals surface area contributed by atoms with Crippen LogP contribution in [0.4, 0.5) is 4.39 Å². The number of hydrogen-bond acceptors (Lipinski definition) is 8. The average molecular weight is 587 g/mol. The van der Waals surface area contributed by atoms with E-state index in [0.717, 1.165) is 47.8 Å². The number of hydrogen-bond donors (Lipinski definition) is 1. The van der Waals surface area contributed by atoms with E-state index in [1.54, 1.807) is 19.1 Å². The van der Waals surface area contributed by atoms with Gasteiger partial charge in [-0.3, -0.25) is 4.90 Å². The van der Waals surface area contributed by atoms with Gasteiger partial charge in [0.2, 0.25) is 0 Å². The Morgan fingerprint density at radius 3 is 2.83 bits per heavy atom. The van der Waals surface area contributed by atoms with Crippen molar-refractivity contribution in [2.45, 2.75) is 44.7 Å². The molecular weight excluding hydrogens is 559 g/mol. The quantitative estimate of drug-likeness (QED) is 0.301. The number of ether oxygens (including phenoxy) is 3. The Labute approximate surface area is 245 Å². The third kappa shape index (κ3) is 4.61. The molecule has 2 aromatic heterocycles. The van der Waals surface area contributed by atoms with Gasteiger partial charge in [0.05, 0.1) is 36.4 Å². The lowest BCUT2D eigenvalue weighted by Crippen LogP contribution is -2.33. The molecule has 214 valence electrons. The summed E-state index contributed by atoms with van der Waals surface area (Å²) in [5.41, 5.74) is 3.20. The Hall–Kier alpha value is -4.24. The number of imidazole rings is 1. The summed E-state index contributed by atoms with van der Waals surface area (Å²) in [6.45, 7) is 5.21. The molecule has 3 aliphatic heterocycles. The summed E-state index contributed by atoms with van der Waals surface area (Å²) in [6, 6.07) is 13.6. The number of carboxylic acids is 1. The van der Waals surface area contributed by atoms with Crippen molar-refractivity contribution in [3.05, 3.63) is 81.7 Å². The highest BCUT2D eigenvalue weighted by Gasteiger charge is 2.42. The van der Waals surface area contributed by atoms with Crippen molar-refractivity contribution in [2.75, 3.05) is 19.7 Å². The third-order valence-corrected chi connectivity index (χ3v) is 9.20. The van der Waals surface area contributed by atoms with Gasteiger partial charge in [0.1, 0.15) is 26.9 Å². The number of carbonyl (C=O) groups is 1. The van der Waals surface area contributed by atoms with E-state index >= 15 is 0 Å². The molecule has 9 nitrogen and oxygen atoms in total. The third-order valence-electron chi connectivity index (χ3n) is 8.06. The molecule has 4 aromatic rings. The molecule has 2 aromatic carbocycles. The van der Waals surface area contributed by atoms with Crippen LogP contribution in [-0.2, 0) is 23.6 Å². The molecular formula is C31H27FN4O5S. The van der Waals surface area contributed by atoms with Gasteiger partial charge in [-0.25, -0.2) is 14.2 Å². The van der Waals surface area contributed by atoms with Crippen molar-refractivity contribution in [1.82, 2.24) is 14.5 Å². The minimum Gasteiger partial charge on any atom is -0.477 e. The van der Waals surface area contributed by atoms with Crippen LogP contribution in [0.5, 0.6) is 11.5 Å². The predicted molar refractivity (Wildman–Crippen MR) is 153 cm³/mol. The van der Waals surface area contributed by atoms with Gasteiger partial charge >= 0.3 is 5.97 Å². The smallest absolute Gasteiger partial charge is 0.346 e. The molecule has 1 fully saturated rings. The van der Waals surface area contributed by atoms with E-state index in [-0.39, 0.29) is 22.1 Å². The SMILES string of the molecule is CC1(c2ccc(C#N)cc2F)Oc2cccc(C3=CCN(Cc4nc5cc(C(=O)O)sc5n4C[C@@H]4CCO4)CC3)c2O1. The van der Waals surface area contributed by atoms with Gasteiger partial charge in [-0.2, -0.15) is 5.26 Å². The Bertz CT molecular complexity index is 1800. The molecule has 3 aliphatic rings. The van der Waals surface area contributed by atoms with Crippen molar-refractivity contribution in [1.29, 1.82) is 5.26 Å². The van der Waals surface area contributed by atoms with Crippen LogP contribution in [0.15, 0.2) is 48.5 Å². The number of halogens is 1. The first-order valence-corrected chi connectivity index (χ1v) is 14.6. The van der Waals surface area contributed by atoms with Crippen molar-refractivity contribution >= 4 is 33.2 Å². The Kier molecular flexibility index (Phi) is 6.50. The average Bonchev–Trinajstić information content (AvgIpc) is 3.62. The molecule has 0 radical (unpaired) electrons. The lowest BCUT2D eigenvalue weighted by Gasteiger charge is -2.29. The molecule has 0 saturated carbocycles. The fourth-order valence-electron chi connectivity index (χ4n) is 5.75. The monoisotopic (exact) mass is 586 g/mol. The van der Waals surface area contributed by atoms with Gasteiger partial charge in [-0.1, -0.05) is 18.2 Å². The highest BCUT2D eigenvalue weighted by molar-refractivity contribution is 7.20. The topological polar surface area (TPSA) is 110 Å². The van der Waals surface area contributed by atoms with Crippen molar-refractivity contribution < 1.29 is 28.5 Å². The summed E-state index contributed by atoms with van der Waals surface area (Å²) in [5.74, 6) is -0.828. The predicted octanol–water partition coefficient (Wildman–Crippen LogP) is 5.53. The molecule has 7 rings (SSSR count). The number of benzene rings is 2. The minimum absolute atomic E-state index is 0.121. The molecule has 1 N–H and O–H groups in total. The summed E-state index contributed by atoms with van der Waals surface area (Å²) in [7, 11) is 0. The highest BCUT2D eigenvalue weighted by atomic mass is 32.1. The first-order valence-electron chi connectivity index (χ1n) is 13.8. The van der Waals surface area contributed by atoms with Crippen LogP contribution < -0.4 is 9.47 Å². The number of nitrogens with zero attached hydrogens (tertiary/aromatic N) is 4. The maximum atomic E-state index is 14.9. The van der Waals surface area contributed by atoms with Gasteiger partial charge in [0.15, 0.2) is 11.5 Å². The number of para-hydroxylation sites is 1. The van der Waals surface area contributed by atoms with Gasteiger partial charge in [0, 0.05) is 32.2 Å². The van der Waals surface area contributed by atoms with Crippen molar-refractivity contribution in [3.8, 4) is 17.6 Å². The lowest BCUT2D eigenvalue weighted by atomic mass is 9.98. The number of aromatic nitrogens is 2. The summed E-state index contributed by atoms with van der Waals surface area (Å²) in [6.07, 6.45) is 4.05. The molecule has 2 atom stereocenters. The molecule has 11 heteroatoms. The molecule has 0 bridgehead atoms. The van der Waals surface area contributed by atoms with Crippen LogP contribution in [-0.4, -0.2) is 51.3 Å². The maximum absolute atomic E-state index is 14.9. The summed E-state index contributed by atoms with van der Waals surface area (Å²) in [5, 5.41) is 18.6. The Morgan fingerprint density at radius 2 is 2.14 bits per heavy atom. The second-order valence-electron chi connectivity index (χ2n) is 10.8. The fraction of sp³-hybridized carbons (Fsp3) is 0.323. The zero-order valence-electron chi connectivity index (χ0n) is 22.8. The fourth-order valence-corrected chi connectivity index (χ4v) is 6.72. The van der Waals surface area contributed by atoms with Gasteiger partial charge in [-0.05, 0) is 48.7 Å². The van der Waals surface area contributed by atoms with E-state index in [1.807, 2.05) is 24.3 Å². The van der Waals surface area contributed by atoms with Crippen LogP contribution in [0, 0.1) is 17.1 Å². The molecule has 42 heavy (non-hydrogen) atoms. The zero-order chi connectivity index (χ0) is 29.0. The number of nitriles is 1. The van der Waals surface area contributed by atoms with Crippen LogP contribution in [0.2, 0.25) is 0 Å². The summed E-state index contributed by atoms with van der Waals surface area (Å²) in [4.78, 5) is 19.8. The second-order valence-corrected chi connectivity index (χ2v) is 11.9. The minimum atomic E-state index is -1.35. The lowest BCUT2D eigenvalue weighted by molar-refractivity contribution is -0.0708. The van der Waals surface area contributed by atoms with E-state index in [9.17, 15) is 14.3 Å². The zero-order valence-corrected chi connectivity index (χ0v) is 23.6. The first kappa shape index (κ1) is 26.6. The van der Waals surface area contributed by atoms with Gasteiger partial charge < -0.3 is 23.9 Å². The van der Waals surface area contributed by atoms with E-state index < -0.39 is 17.6 Å². The largest absolute Gasteiger partial charge is 0.477 e. The van der Waals surface area contributed by atoms with Gasteiger partial charge in [0.25, 0.3) is 5.79 Å². The number of fused-ring (bicyclic) bond motifs is 2. The van der Waals surface area contributed by atoms with Crippen LogP contribution in [0.1, 0.15) is 52.0 Å². The van der Waals surface area contributed by atoms with E-state index in [4.69, 9.17) is 24.5 Å². The number of aromatic carboxylic acids is 1. The van der Waals surface area contributed by atoms with Gasteiger partial charge in [-0.15, -0.1) is 11.3 Å². The van der Waals surface area contributed by atoms with E-state index in [0.29, 0.717) is 36.6 Å². The van der Waals surface area contributed by atoms with E-state index in [2.05, 4.69) is 15.5 Å². The summed E-state index contributed by atoms with van der Waals surface area (Å²) >= 11 is 1.25. The first-order chi connectivity index (χ1) is 20.3. The standard InChI is InChI=1S/C31H27FN4O5S/c1-31(22-6-5-18(15-33)13-23(22)32)40-25-4-2-3-21(28(25)41-31)19-7-10-35(11-8-19)17-27-34-24-14-26(30(37)38)42-29(24)36(27)16-20-9-12-39-20/h2-7,13-14,20H,8-12,16-17H2,1H3,(H,37,38)/t20-,31?/m0/s1.